The molecule has 1 saturated heterocycles. The summed E-state index contributed by atoms with van der Waals surface area (Å²) < 4.78 is 31.0. The number of nitrogens with zero attached hydrogens (tertiary/aromatic N) is 2. The van der Waals surface area contributed by atoms with Gasteiger partial charge in [-0.15, -0.1) is 0 Å². The summed E-state index contributed by atoms with van der Waals surface area (Å²) in [5.74, 6) is 0.0149. The van der Waals surface area contributed by atoms with Crippen molar-refractivity contribution in [1.82, 2.24) is 9.21 Å². The number of carbonyl (C=O) groups is 1. The molecule has 0 spiro atoms. The number of aromatic hydroxyl groups is 1. The molecule has 1 aliphatic rings. The molecule has 1 N–H and O–H groups in total. The molecule has 0 radical (unpaired) electrons. The van der Waals surface area contributed by atoms with Gasteiger partial charge in [-0.3, -0.25) is 0 Å². The van der Waals surface area contributed by atoms with Crippen LogP contribution in [0.1, 0.15) is 6.92 Å². The van der Waals surface area contributed by atoms with Crippen LogP contribution in [0.25, 0.3) is 0 Å². The molecule has 1 aromatic carbocycles. The van der Waals surface area contributed by atoms with E-state index in [4.69, 9.17) is 4.74 Å². The summed E-state index contributed by atoms with van der Waals surface area (Å²) >= 11 is 0. The van der Waals surface area contributed by atoms with Crippen molar-refractivity contribution in [2.45, 2.75) is 11.8 Å². The fraction of sp³-hybridized carbons (Fsp3) is 0.462. The maximum atomic E-state index is 12.4. The molecule has 21 heavy (non-hydrogen) atoms. The average Bonchev–Trinajstić information content (AvgIpc) is 2.48. The Labute approximate surface area is 123 Å². The Hall–Kier alpha value is -1.80. The summed E-state index contributed by atoms with van der Waals surface area (Å²) in [5, 5.41) is 9.21. The van der Waals surface area contributed by atoms with Gasteiger partial charge < -0.3 is 14.7 Å². The van der Waals surface area contributed by atoms with E-state index in [1.165, 1.54) is 33.5 Å². The van der Waals surface area contributed by atoms with Gasteiger partial charge in [0.15, 0.2) is 0 Å². The lowest BCUT2D eigenvalue weighted by Crippen LogP contribution is -2.50. The maximum Gasteiger partial charge on any atom is 0.409 e. The highest BCUT2D eigenvalue weighted by Gasteiger charge is 2.30. The molecule has 0 atom stereocenters. The lowest BCUT2D eigenvalue weighted by atomic mass is 10.3. The zero-order valence-electron chi connectivity index (χ0n) is 11.7. The number of hydrogen-bond donors (Lipinski definition) is 1. The first kappa shape index (κ1) is 15.6. The lowest BCUT2D eigenvalue weighted by molar-refractivity contribution is 0.0934. The summed E-state index contributed by atoms with van der Waals surface area (Å²) in [6, 6.07) is 5.40. The molecule has 1 amide bonds. The Morgan fingerprint density at radius 2 is 1.76 bits per heavy atom. The standard InChI is InChI=1S/C13H18N2O5S/c1-2-20-13(17)14-7-9-15(10-8-14)21(18,19)12-5-3-11(16)4-6-12/h3-6,16H,2,7-10H2,1H3. The summed E-state index contributed by atoms with van der Waals surface area (Å²) in [6.07, 6.45) is -0.417. The monoisotopic (exact) mass is 314 g/mol. The average molecular weight is 314 g/mol. The summed E-state index contributed by atoms with van der Waals surface area (Å²) in [4.78, 5) is 13.2. The van der Waals surface area contributed by atoms with Crippen molar-refractivity contribution in [3.8, 4) is 5.75 Å². The minimum Gasteiger partial charge on any atom is -0.508 e. The topological polar surface area (TPSA) is 87.2 Å². The quantitative estimate of drug-likeness (QED) is 0.894. The van der Waals surface area contributed by atoms with E-state index in [0.717, 1.165) is 0 Å². The van der Waals surface area contributed by atoms with E-state index >= 15 is 0 Å². The van der Waals surface area contributed by atoms with Gasteiger partial charge in [-0.05, 0) is 31.2 Å². The number of benzene rings is 1. The predicted octanol–water partition coefficient (Wildman–Crippen LogP) is 0.855. The Morgan fingerprint density at radius 1 is 1.19 bits per heavy atom. The SMILES string of the molecule is CCOC(=O)N1CCN(S(=O)(=O)c2ccc(O)cc2)CC1. The fourth-order valence-electron chi connectivity index (χ4n) is 2.09. The van der Waals surface area contributed by atoms with E-state index in [1.807, 2.05) is 0 Å². The number of rotatable bonds is 3. The molecular formula is C13H18N2O5S. The molecule has 8 heteroatoms. The minimum atomic E-state index is -3.60. The van der Waals surface area contributed by atoms with E-state index < -0.39 is 16.1 Å². The second-order valence-corrected chi connectivity index (χ2v) is 6.52. The molecule has 1 aromatic rings. The molecule has 1 fully saturated rings. The molecule has 116 valence electrons. The molecule has 1 aliphatic heterocycles. The molecule has 0 aromatic heterocycles. The largest absolute Gasteiger partial charge is 0.508 e. The lowest BCUT2D eigenvalue weighted by Gasteiger charge is -2.33. The van der Waals surface area contributed by atoms with Crippen molar-refractivity contribution < 1.29 is 23.1 Å². The number of phenols is 1. The van der Waals surface area contributed by atoms with E-state index in [1.54, 1.807) is 6.92 Å². The zero-order valence-corrected chi connectivity index (χ0v) is 12.5. The normalized spacial score (nSPS) is 16.7. The predicted molar refractivity (Wildman–Crippen MR) is 75.5 cm³/mol. The van der Waals surface area contributed by atoms with Crippen LogP contribution in [0.4, 0.5) is 4.79 Å². The second-order valence-electron chi connectivity index (χ2n) is 4.58. The van der Waals surface area contributed by atoms with Crippen molar-refractivity contribution in [2.24, 2.45) is 0 Å². The Bertz CT molecular complexity index is 591. The van der Waals surface area contributed by atoms with Crippen molar-refractivity contribution in [3.63, 3.8) is 0 Å². The minimum absolute atomic E-state index is 0.0149. The molecule has 0 saturated carbocycles. The van der Waals surface area contributed by atoms with Gasteiger partial charge in [-0.1, -0.05) is 0 Å². The van der Waals surface area contributed by atoms with Gasteiger partial charge in [0.25, 0.3) is 0 Å². The van der Waals surface area contributed by atoms with E-state index in [0.29, 0.717) is 19.7 Å². The first-order chi connectivity index (χ1) is 9.95. The van der Waals surface area contributed by atoms with Crippen molar-refractivity contribution in [2.75, 3.05) is 32.8 Å². The maximum absolute atomic E-state index is 12.4. The first-order valence-corrected chi connectivity index (χ1v) is 8.10. The number of amides is 1. The summed E-state index contributed by atoms with van der Waals surface area (Å²) in [6.45, 7) is 3.07. The number of carbonyl (C=O) groups excluding carboxylic acids is 1. The number of piperazine rings is 1. The van der Waals surface area contributed by atoms with Crippen LogP contribution in [-0.4, -0.2) is 61.6 Å². The number of hydrogen-bond acceptors (Lipinski definition) is 5. The molecule has 2 rings (SSSR count). The van der Waals surface area contributed by atoms with Crippen LogP contribution in [0.15, 0.2) is 29.2 Å². The molecule has 7 nitrogen and oxygen atoms in total. The van der Waals surface area contributed by atoms with Crippen LogP contribution in [0.2, 0.25) is 0 Å². The van der Waals surface area contributed by atoms with Gasteiger partial charge in [0, 0.05) is 26.2 Å². The van der Waals surface area contributed by atoms with Crippen LogP contribution >= 0.6 is 0 Å². The zero-order chi connectivity index (χ0) is 15.5. The summed E-state index contributed by atoms with van der Waals surface area (Å²) in [7, 11) is -3.60. The van der Waals surface area contributed by atoms with Gasteiger partial charge in [0.1, 0.15) is 5.75 Å². The fourth-order valence-corrected chi connectivity index (χ4v) is 3.52. The van der Waals surface area contributed by atoms with Crippen molar-refractivity contribution in [3.05, 3.63) is 24.3 Å². The van der Waals surface area contributed by atoms with Gasteiger partial charge in [0.05, 0.1) is 11.5 Å². The molecule has 0 unspecified atom stereocenters. The van der Waals surface area contributed by atoms with Crippen LogP contribution in [0.3, 0.4) is 0 Å². The van der Waals surface area contributed by atoms with Crippen LogP contribution in [-0.2, 0) is 14.8 Å². The second kappa shape index (κ2) is 6.31. The van der Waals surface area contributed by atoms with E-state index in [2.05, 4.69) is 0 Å². The van der Waals surface area contributed by atoms with E-state index in [9.17, 15) is 18.3 Å². The smallest absolute Gasteiger partial charge is 0.409 e. The van der Waals surface area contributed by atoms with Crippen molar-refractivity contribution >= 4 is 16.1 Å². The van der Waals surface area contributed by atoms with Crippen LogP contribution < -0.4 is 0 Å². The third kappa shape index (κ3) is 3.45. The number of ether oxygens (including phenoxy) is 1. The Morgan fingerprint density at radius 3 is 2.29 bits per heavy atom. The first-order valence-electron chi connectivity index (χ1n) is 6.66. The number of phenolic OH excluding ortho intramolecular Hbond substituents is 1. The van der Waals surface area contributed by atoms with Gasteiger partial charge >= 0.3 is 6.09 Å². The number of sulfonamides is 1. The van der Waals surface area contributed by atoms with E-state index in [-0.39, 0.29) is 23.7 Å². The Kier molecular flexibility index (Phi) is 4.69. The highest BCUT2D eigenvalue weighted by atomic mass is 32.2. The summed E-state index contributed by atoms with van der Waals surface area (Å²) in [5.41, 5.74) is 0. The molecule has 0 aliphatic carbocycles. The van der Waals surface area contributed by atoms with Crippen LogP contribution in [0.5, 0.6) is 5.75 Å². The highest BCUT2D eigenvalue weighted by Crippen LogP contribution is 2.20. The molecular weight excluding hydrogens is 296 g/mol. The van der Waals surface area contributed by atoms with Gasteiger partial charge in [-0.2, -0.15) is 4.31 Å². The van der Waals surface area contributed by atoms with Gasteiger partial charge in [0.2, 0.25) is 10.0 Å². The molecule has 1 heterocycles. The van der Waals surface area contributed by atoms with Crippen LogP contribution in [0, 0.1) is 0 Å². The Balaban J connectivity index is 2.04. The molecule has 0 bridgehead atoms. The third-order valence-electron chi connectivity index (χ3n) is 3.24. The highest BCUT2D eigenvalue weighted by molar-refractivity contribution is 7.89. The van der Waals surface area contributed by atoms with Crippen molar-refractivity contribution in [1.29, 1.82) is 0 Å². The van der Waals surface area contributed by atoms with Gasteiger partial charge in [-0.25, -0.2) is 13.2 Å². The third-order valence-corrected chi connectivity index (χ3v) is 5.15.